The van der Waals surface area contributed by atoms with E-state index in [2.05, 4.69) is 10.4 Å². The van der Waals surface area contributed by atoms with Crippen molar-refractivity contribution in [1.82, 2.24) is 15.1 Å². The van der Waals surface area contributed by atoms with Crippen LogP contribution in [0.3, 0.4) is 0 Å². The molecule has 23 heavy (non-hydrogen) atoms. The monoisotopic (exact) mass is 317 g/mol. The highest BCUT2D eigenvalue weighted by atomic mass is 16.5. The zero-order chi connectivity index (χ0) is 16.7. The molecule has 0 aliphatic carbocycles. The van der Waals surface area contributed by atoms with Crippen LogP contribution >= 0.6 is 0 Å². The van der Waals surface area contributed by atoms with E-state index in [-0.39, 0.29) is 18.0 Å². The quantitative estimate of drug-likeness (QED) is 0.766. The van der Waals surface area contributed by atoms with Crippen LogP contribution in [0, 0.1) is 0 Å². The van der Waals surface area contributed by atoms with Gasteiger partial charge in [-0.05, 0) is 30.2 Å². The van der Waals surface area contributed by atoms with Crippen molar-refractivity contribution in [2.45, 2.75) is 19.4 Å². The normalized spacial score (nSPS) is 10.3. The molecule has 7 nitrogen and oxygen atoms in total. The van der Waals surface area contributed by atoms with Gasteiger partial charge in [0, 0.05) is 25.7 Å². The molecule has 2 aromatic rings. The summed E-state index contributed by atoms with van der Waals surface area (Å²) >= 11 is 0. The molecule has 0 aliphatic rings. The zero-order valence-electron chi connectivity index (χ0n) is 12.9. The summed E-state index contributed by atoms with van der Waals surface area (Å²) in [6.45, 7) is 0.895. The van der Waals surface area contributed by atoms with Gasteiger partial charge in [0.05, 0.1) is 7.11 Å². The second-order valence-corrected chi connectivity index (χ2v) is 4.97. The maximum Gasteiger partial charge on any atom is 0.356 e. The number of aromatic carboxylic acids is 1. The van der Waals surface area contributed by atoms with Crippen LogP contribution in [0.4, 0.5) is 0 Å². The average Bonchev–Trinajstić information content (AvgIpc) is 3.03. The number of hydrogen-bond donors (Lipinski definition) is 2. The van der Waals surface area contributed by atoms with E-state index in [1.807, 2.05) is 24.3 Å². The molecule has 2 N–H and O–H groups in total. The summed E-state index contributed by atoms with van der Waals surface area (Å²) in [5, 5.41) is 15.5. The topological polar surface area (TPSA) is 93.5 Å². The number of aromatic nitrogens is 2. The van der Waals surface area contributed by atoms with Gasteiger partial charge in [-0.2, -0.15) is 5.10 Å². The van der Waals surface area contributed by atoms with Gasteiger partial charge in [-0.3, -0.25) is 9.48 Å². The smallest absolute Gasteiger partial charge is 0.356 e. The molecule has 7 heteroatoms. The summed E-state index contributed by atoms with van der Waals surface area (Å²) in [4.78, 5) is 22.5. The van der Waals surface area contributed by atoms with Crippen LogP contribution in [0.2, 0.25) is 0 Å². The summed E-state index contributed by atoms with van der Waals surface area (Å²) in [6, 6.07) is 9.10. The highest BCUT2D eigenvalue weighted by molar-refractivity contribution is 5.85. The summed E-state index contributed by atoms with van der Waals surface area (Å²) in [5.41, 5.74) is 1.09. The second kappa shape index (κ2) is 7.98. The van der Waals surface area contributed by atoms with E-state index in [1.54, 1.807) is 13.3 Å². The van der Waals surface area contributed by atoms with E-state index in [0.29, 0.717) is 13.1 Å². The van der Waals surface area contributed by atoms with Gasteiger partial charge < -0.3 is 15.2 Å². The Balaban J connectivity index is 1.69. The lowest BCUT2D eigenvalue weighted by Crippen LogP contribution is -2.26. The van der Waals surface area contributed by atoms with Crippen LogP contribution in [0.15, 0.2) is 36.5 Å². The maximum atomic E-state index is 11.8. The molecule has 0 saturated heterocycles. The number of ether oxygens (including phenoxy) is 1. The number of rotatable bonds is 8. The van der Waals surface area contributed by atoms with Gasteiger partial charge in [-0.25, -0.2) is 4.79 Å². The van der Waals surface area contributed by atoms with Crippen molar-refractivity contribution < 1.29 is 19.4 Å². The van der Waals surface area contributed by atoms with E-state index in [1.165, 1.54) is 10.7 Å². The van der Waals surface area contributed by atoms with Gasteiger partial charge in [0.1, 0.15) is 5.75 Å². The Bertz CT molecular complexity index is 664. The molecule has 0 atom stereocenters. The van der Waals surface area contributed by atoms with Crippen LogP contribution < -0.4 is 10.1 Å². The maximum absolute atomic E-state index is 11.8. The highest BCUT2D eigenvalue weighted by Crippen LogP contribution is 2.11. The molecule has 0 radical (unpaired) electrons. The van der Waals surface area contributed by atoms with Gasteiger partial charge in [-0.1, -0.05) is 12.1 Å². The third-order valence-corrected chi connectivity index (χ3v) is 3.32. The summed E-state index contributed by atoms with van der Waals surface area (Å²) in [5.74, 6) is -0.365. The molecule has 0 saturated carbocycles. The largest absolute Gasteiger partial charge is 0.497 e. The Morgan fingerprint density at radius 1 is 1.26 bits per heavy atom. The molecular formula is C16H19N3O4. The standard InChI is InChI=1S/C16H19N3O4/c1-23-13-4-2-12(3-5-13)6-9-17-15(20)8-11-19-10-7-14(18-19)16(21)22/h2-5,7,10H,6,8-9,11H2,1H3,(H,17,20)(H,21,22). The predicted molar refractivity (Wildman–Crippen MR) is 83.5 cm³/mol. The molecule has 1 aromatic heterocycles. The summed E-state index contributed by atoms with van der Waals surface area (Å²) in [6.07, 6.45) is 2.54. The number of methoxy groups -OCH3 is 1. The SMILES string of the molecule is COc1ccc(CCNC(=O)CCn2ccc(C(=O)O)n2)cc1. The molecular weight excluding hydrogens is 298 g/mol. The lowest BCUT2D eigenvalue weighted by Gasteiger charge is -2.06. The van der Waals surface area contributed by atoms with Crippen molar-refractivity contribution in [3.8, 4) is 5.75 Å². The third kappa shape index (κ3) is 5.14. The first-order valence-electron chi connectivity index (χ1n) is 7.25. The van der Waals surface area contributed by atoms with Gasteiger partial charge in [0.15, 0.2) is 5.69 Å². The summed E-state index contributed by atoms with van der Waals surface area (Å²) < 4.78 is 6.54. The van der Waals surface area contributed by atoms with Crippen LogP contribution in [0.5, 0.6) is 5.75 Å². The first-order chi connectivity index (χ1) is 11.1. The second-order valence-electron chi connectivity index (χ2n) is 4.97. The number of carbonyl (C=O) groups is 2. The van der Waals surface area contributed by atoms with Gasteiger partial charge in [0.2, 0.25) is 5.91 Å². The molecule has 1 amide bonds. The van der Waals surface area contributed by atoms with Crippen LogP contribution in [0.25, 0.3) is 0 Å². The van der Waals surface area contributed by atoms with E-state index >= 15 is 0 Å². The van der Waals surface area contributed by atoms with E-state index in [4.69, 9.17) is 9.84 Å². The molecule has 1 heterocycles. The van der Waals surface area contributed by atoms with Gasteiger partial charge in [-0.15, -0.1) is 0 Å². The van der Waals surface area contributed by atoms with Crippen LogP contribution in [-0.2, 0) is 17.8 Å². The number of aryl methyl sites for hydroxylation is 1. The Morgan fingerprint density at radius 3 is 2.61 bits per heavy atom. The van der Waals surface area contributed by atoms with Crippen molar-refractivity contribution in [1.29, 1.82) is 0 Å². The third-order valence-electron chi connectivity index (χ3n) is 3.32. The van der Waals surface area contributed by atoms with E-state index < -0.39 is 5.97 Å². The van der Waals surface area contributed by atoms with Gasteiger partial charge in [0.25, 0.3) is 0 Å². The molecule has 0 fully saturated rings. The fourth-order valence-corrected chi connectivity index (χ4v) is 2.04. The zero-order valence-corrected chi connectivity index (χ0v) is 12.9. The van der Waals surface area contributed by atoms with Gasteiger partial charge >= 0.3 is 5.97 Å². The fourth-order valence-electron chi connectivity index (χ4n) is 2.04. The number of benzene rings is 1. The van der Waals surface area contributed by atoms with E-state index in [0.717, 1.165) is 17.7 Å². The van der Waals surface area contributed by atoms with Crippen molar-refractivity contribution >= 4 is 11.9 Å². The van der Waals surface area contributed by atoms with Crippen molar-refractivity contribution in [3.63, 3.8) is 0 Å². The van der Waals surface area contributed by atoms with E-state index in [9.17, 15) is 9.59 Å². The Labute approximate surface area is 133 Å². The molecule has 1 aromatic carbocycles. The van der Waals surface area contributed by atoms with Crippen molar-refractivity contribution in [2.75, 3.05) is 13.7 Å². The fraction of sp³-hybridized carbons (Fsp3) is 0.312. The van der Waals surface area contributed by atoms with Crippen LogP contribution in [0.1, 0.15) is 22.5 Å². The molecule has 2 rings (SSSR count). The molecule has 0 bridgehead atoms. The minimum atomic E-state index is -1.08. The number of carbonyl (C=O) groups excluding carboxylic acids is 1. The minimum absolute atomic E-state index is 0.0232. The number of hydrogen-bond acceptors (Lipinski definition) is 4. The number of carboxylic acids is 1. The first-order valence-corrected chi connectivity index (χ1v) is 7.25. The average molecular weight is 317 g/mol. The lowest BCUT2D eigenvalue weighted by molar-refractivity contribution is -0.121. The molecule has 0 unspecified atom stereocenters. The van der Waals surface area contributed by atoms with Crippen LogP contribution in [-0.4, -0.2) is 40.4 Å². The minimum Gasteiger partial charge on any atom is -0.497 e. The molecule has 0 spiro atoms. The molecule has 0 aliphatic heterocycles. The number of amides is 1. The Morgan fingerprint density at radius 2 is 2.00 bits per heavy atom. The number of carboxylic acid groups (broad SMARTS) is 1. The highest BCUT2D eigenvalue weighted by Gasteiger charge is 2.07. The predicted octanol–water partition coefficient (Wildman–Crippen LogP) is 1.34. The van der Waals surface area contributed by atoms with Crippen molar-refractivity contribution in [3.05, 3.63) is 47.8 Å². The lowest BCUT2D eigenvalue weighted by atomic mass is 10.1. The summed E-state index contributed by atoms with van der Waals surface area (Å²) in [7, 11) is 1.62. The number of nitrogens with zero attached hydrogens (tertiary/aromatic N) is 2. The Kier molecular flexibility index (Phi) is 5.74. The molecule has 122 valence electrons. The number of nitrogens with one attached hydrogen (secondary N) is 1. The Hall–Kier alpha value is -2.83. The van der Waals surface area contributed by atoms with Crippen molar-refractivity contribution in [2.24, 2.45) is 0 Å². The first kappa shape index (κ1) is 16.5.